The van der Waals surface area contributed by atoms with E-state index in [2.05, 4.69) is 10.3 Å². The number of amides is 2. The zero-order valence-corrected chi connectivity index (χ0v) is 15.4. The maximum Gasteiger partial charge on any atom is 0.232 e. The maximum atomic E-state index is 13.2. The van der Waals surface area contributed by atoms with Crippen LogP contribution in [-0.4, -0.2) is 40.5 Å². The largest absolute Gasteiger partial charge is 0.341 e. The molecule has 1 saturated heterocycles. The normalized spacial score (nSPS) is 17.2. The predicted molar refractivity (Wildman–Crippen MR) is 97.1 cm³/mol. The van der Waals surface area contributed by atoms with E-state index in [1.165, 1.54) is 17.4 Å². The number of carbonyl (C=O) groups is 2. The van der Waals surface area contributed by atoms with Crippen LogP contribution in [0.4, 0.5) is 13.9 Å². The number of likely N-dealkylation sites (tertiary alicyclic amines) is 1. The molecule has 1 atom stereocenters. The number of carbonyl (C=O) groups excluding carboxylic acids is 2. The first-order chi connectivity index (χ1) is 12.5. The number of halogens is 2. The van der Waals surface area contributed by atoms with Gasteiger partial charge in [0.1, 0.15) is 0 Å². The summed E-state index contributed by atoms with van der Waals surface area (Å²) in [5, 5.41) is 5.10. The molecule has 1 aliphatic rings. The first kappa shape index (κ1) is 18.8. The number of nitrogens with zero attached hydrogens (tertiary/aromatic N) is 2. The highest BCUT2D eigenvalue weighted by Gasteiger charge is 2.28. The third-order valence-corrected chi connectivity index (χ3v) is 5.73. The first-order valence-electron chi connectivity index (χ1n) is 8.09. The molecule has 0 spiro atoms. The minimum absolute atomic E-state index is 0.117. The van der Waals surface area contributed by atoms with Crippen molar-refractivity contribution < 1.29 is 18.4 Å². The number of piperidine rings is 1. The summed E-state index contributed by atoms with van der Waals surface area (Å²) in [6.07, 6.45) is 3.08. The third kappa shape index (κ3) is 4.79. The van der Waals surface area contributed by atoms with Gasteiger partial charge in [0.15, 0.2) is 16.8 Å². The highest BCUT2D eigenvalue weighted by atomic mass is 32.2. The van der Waals surface area contributed by atoms with Crippen molar-refractivity contribution in [2.75, 3.05) is 24.2 Å². The Balaban J connectivity index is 1.52. The zero-order chi connectivity index (χ0) is 18.5. The van der Waals surface area contributed by atoms with Gasteiger partial charge in [-0.25, -0.2) is 13.8 Å². The van der Waals surface area contributed by atoms with Crippen LogP contribution in [0.3, 0.4) is 0 Å². The molecule has 9 heteroatoms. The Morgan fingerprint density at radius 3 is 2.92 bits per heavy atom. The molecule has 138 valence electrons. The lowest BCUT2D eigenvalue weighted by Gasteiger charge is -2.31. The number of aromatic nitrogens is 1. The van der Waals surface area contributed by atoms with Crippen molar-refractivity contribution in [3.05, 3.63) is 41.4 Å². The molecular formula is C17H17F2N3O2S2. The van der Waals surface area contributed by atoms with Crippen LogP contribution in [0.5, 0.6) is 0 Å². The van der Waals surface area contributed by atoms with E-state index in [4.69, 9.17) is 0 Å². The van der Waals surface area contributed by atoms with Crippen LogP contribution in [0.25, 0.3) is 0 Å². The molecule has 0 saturated carbocycles. The fraction of sp³-hybridized carbons (Fsp3) is 0.353. The molecule has 0 radical (unpaired) electrons. The summed E-state index contributed by atoms with van der Waals surface area (Å²) in [7, 11) is 0. The molecular weight excluding hydrogens is 380 g/mol. The molecule has 1 fully saturated rings. The average molecular weight is 397 g/mol. The summed E-state index contributed by atoms with van der Waals surface area (Å²) in [4.78, 5) is 30.9. The Bertz CT molecular complexity index is 786. The van der Waals surface area contributed by atoms with Crippen LogP contribution < -0.4 is 5.32 Å². The Hall–Kier alpha value is -2.00. The van der Waals surface area contributed by atoms with Crippen molar-refractivity contribution in [3.63, 3.8) is 0 Å². The third-order valence-electron chi connectivity index (χ3n) is 4.06. The number of rotatable bonds is 5. The lowest BCUT2D eigenvalue weighted by molar-refractivity contribution is -0.132. The molecule has 1 aromatic carbocycles. The van der Waals surface area contributed by atoms with Gasteiger partial charge in [-0.3, -0.25) is 9.59 Å². The lowest BCUT2D eigenvalue weighted by atomic mass is 9.97. The Morgan fingerprint density at radius 1 is 1.35 bits per heavy atom. The standard InChI is InChI=1S/C17H17F2N3O2S2/c18-13-4-3-12(8-14(13)19)26-10-15(23)22-6-1-2-11(9-22)16(24)21-17-20-5-7-25-17/h3-5,7-8,11H,1-2,6,9-10H2,(H,20,21,24). The lowest BCUT2D eigenvalue weighted by Crippen LogP contribution is -2.44. The fourth-order valence-electron chi connectivity index (χ4n) is 2.71. The summed E-state index contributed by atoms with van der Waals surface area (Å²) >= 11 is 2.50. The number of hydrogen-bond donors (Lipinski definition) is 1. The van der Waals surface area contributed by atoms with Gasteiger partial charge >= 0.3 is 0 Å². The molecule has 26 heavy (non-hydrogen) atoms. The van der Waals surface area contributed by atoms with Crippen LogP contribution in [-0.2, 0) is 9.59 Å². The Kier molecular flexibility index (Phi) is 6.20. The number of hydrogen-bond acceptors (Lipinski definition) is 5. The number of nitrogens with one attached hydrogen (secondary N) is 1. The van der Waals surface area contributed by atoms with Gasteiger partial charge in [-0.15, -0.1) is 23.1 Å². The van der Waals surface area contributed by atoms with Gasteiger partial charge in [-0.2, -0.15) is 0 Å². The van der Waals surface area contributed by atoms with Crippen molar-refractivity contribution in [1.82, 2.24) is 9.88 Å². The maximum absolute atomic E-state index is 13.2. The second-order valence-corrected chi connectivity index (χ2v) is 7.81. The van der Waals surface area contributed by atoms with E-state index in [0.717, 1.165) is 36.7 Å². The number of benzene rings is 1. The minimum Gasteiger partial charge on any atom is -0.341 e. The Morgan fingerprint density at radius 2 is 2.19 bits per heavy atom. The second kappa shape index (κ2) is 8.59. The minimum atomic E-state index is -0.931. The molecule has 1 N–H and O–H groups in total. The van der Waals surface area contributed by atoms with Gasteiger partial charge < -0.3 is 10.2 Å². The topological polar surface area (TPSA) is 62.3 Å². The van der Waals surface area contributed by atoms with E-state index in [1.807, 2.05) is 0 Å². The Labute approximate surface area is 157 Å². The molecule has 2 heterocycles. The summed E-state index contributed by atoms with van der Waals surface area (Å²) in [5.74, 6) is -2.25. The second-order valence-electron chi connectivity index (χ2n) is 5.87. The van der Waals surface area contributed by atoms with Gasteiger partial charge in [-0.05, 0) is 31.0 Å². The molecule has 0 aliphatic carbocycles. The van der Waals surface area contributed by atoms with E-state index >= 15 is 0 Å². The highest BCUT2D eigenvalue weighted by Crippen LogP contribution is 2.23. The van der Waals surface area contributed by atoms with Crippen LogP contribution >= 0.6 is 23.1 Å². The van der Waals surface area contributed by atoms with Crippen molar-refractivity contribution in [3.8, 4) is 0 Å². The molecule has 2 amide bonds. The molecule has 1 aromatic heterocycles. The quantitative estimate of drug-likeness (QED) is 0.786. The van der Waals surface area contributed by atoms with E-state index < -0.39 is 11.6 Å². The smallest absolute Gasteiger partial charge is 0.232 e. The zero-order valence-electron chi connectivity index (χ0n) is 13.8. The van der Waals surface area contributed by atoms with Gasteiger partial charge in [0.25, 0.3) is 0 Å². The van der Waals surface area contributed by atoms with E-state index in [1.54, 1.807) is 16.5 Å². The summed E-state index contributed by atoms with van der Waals surface area (Å²) in [5.41, 5.74) is 0. The summed E-state index contributed by atoms with van der Waals surface area (Å²) in [6.45, 7) is 0.951. The monoisotopic (exact) mass is 397 g/mol. The molecule has 1 aliphatic heterocycles. The molecule has 1 unspecified atom stereocenters. The van der Waals surface area contributed by atoms with Crippen molar-refractivity contribution in [2.24, 2.45) is 5.92 Å². The van der Waals surface area contributed by atoms with Gasteiger partial charge in [-0.1, -0.05) is 0 Å². The fourth-order valence-corrected chi connectivity index (χ4v) is 4.07. The van der Waals surface area contributed by atoms with Crippen LogP contribution in [0, 0.1) is 17.6 Å². The van der Waals surface area contributed by atoms with Crippen molar-refractivity contribution in [2.45, 2.75) is 17.7 Å². The first-order valence-corrected chi connectivity index (χ1v) is 9.95. The van der Waals surface area contributed by atoms with Crippen LogP contribution in [0.1, 0.15) is 12.8 Å². The van der Waals surface area contributed by atoms with Crippen LogP contribution in [0.15, 0.2) is 34.7 Å². The number of thiazole rings is 1. The highest BCUT2D eigenvalue weighted by molar-refractivity contribution is 8.00. The van der Waals surface area contributed by atoms with Crippen LogP contribution in [0.2, 0.25) is 0 Å². The number of anilines is 1. The van der Waals surface area contributed by atoms with E-state index in [9.17, 15) is 18.4 Å². The predicted octanol–water partition coefficient (Wildman–Crippen LogP) is 3.39. The molecule has 0 bridgehead atoms. The van der Waals surface area contributed by atoms with E-state index in [-0.39, 0.29) is 23.5 Å². The van der Waals surface area contributed by atoms with Crippen molar-refractivity contribution >= 4 is 40.0 Å². The number of thioether (sulfide) groups is 1. The SMILES string of the molecule is O=C(Nc1nccs1)C1CCCN(C(=O)CSc2ccc(F)c(F)c2)C1. The average Bonchev–Trinajstić information content (AvgIpc) is 3.15. The van der Waals surface area contributed by atoms with E-state index in [0.29, 0.717) is 23.1 Å². The van der Waals surface area contributed by atoms with Crippen molar-refractivity contribution in [1.29, 1.82) is 0 Å². The molecule has 5 nitrogen and oxygen atoms in total. The summed E-state index contributed by atoms with van der Waals surface area (Å²) in [6, 6.07) is 3.56. The van der Waals surface area contributed by atoms with Gasteiger partial charge in [0, 0.05) is 29.6 Å². The van der Waals surface area contributed by atoms with Gasteiger partial charge in [0.2, 0.25) is 11.8 Å². The van der Waals surface area contributed by atoms with Gasteiger partial charge in [0.05, 0.1) is 11.7 Å². The summed E-state index contributed by atoms with van der Waals surface area (Å²) < 4.78 is 26.2. The molecule has 2 aromatic rings. The molecule has 3 rings (SSSR count).